The number of carbonyl (C=O) groups is 3. The van der Waals surface area contributed by atoms with Gasteiger partial charge >= 0.3 is 12.1 Å². The molecule has 0 aromatic carbocycles. The fourth-order valence-corrected chi connectivity index (χ4v) is 1.90. The number of carbonyl (C=O) groups excluding carboxylic acids is 3. The minimum Gasteiger partial charge on any atom is -0.465 e. The van der Waals surface area contributed by atoms with E-state index in [1.54, 1.807) is 27.7 Å². The molecule has 0 heterocycles. The van der Waals surface area contributed by atoms with Gasteiger partial charge in [0.1, 0.15) is 18.2 Å². The number of aliphatic hydroxyl groups excluding tert-OH is 1. The van der Waals surface area contributed by atoms with Crippen molar-refractivity contribution in [3.63, 3.8) is 0 Å². The minimum absolute atomic E-state index is 0.102. The van der Waals surface area contributed by atoms with E-state index in [9.17, 15) is 19.5 Å². The molecule has 0 aliphatic carbocycles. The Labute approximate surface area is 143 Å². The maximum absolute atomic E-state index is 12.4. The Morgan fingerprint density at radius 1 is 1.21 bits per heavy atom. The number of hydrogen-bond acceptors (Lipinski definition) is 7. The number of amides is 2. The summed E-state index contributed by atoms with van der Waals surface area (Å²) in [5, 5.41) is 10.1. The van der Waals surface area contributed by atoms with Gasteiger partial charge in [-0.3, -0.25) is 9.59 Å². The SMILES string of the molecule is CCOC(=O)CN(C(=O)OC(C)(C)C)C(=O)C(O)C(N)CC(C)C. The number of nitrogens with two attached hydrogens (primary N) is 1. The van der Waals surface area contributed by atoms with Crippen molar-refractivity contribution in [2.24, 2.45) is 11.7 Å². The maximum Gasteiger partial charge on any atom is 0.417 e. The van der Waals surface area contributed by atoms with Gasteiger partial charge in [0, 0.05) is 6.04 Å². The van der Waals surface area contributed by atoms with Crippen molar-refractivity contribution in [3.8, 4) is 0 Å². The Morgan fingerprint density at radius 3 is 2.17 bits per heavy atom. The predicted octanol–water partition coefficient (Wildman–Crippen LogP) is 1.05. The Balaban J connectivity index is 5.24. The van der Waals surface area contributed by atoms with Crippen LogP contribution in [0.15, 0.2) is 0 Å². The van der Waals surface area contributed by atoms with Gasteiger partial charge in [-0.15, -0.1) is 0 Å². The smallest absolute Gasteiger partial charge is 0.417 e. The lowest BCUT2D eigenvalue weighted by Gasteiger charge is -2.28. The fourth-order valence-electron chi connectivity index (χ4n) is 1.90. The number of hydrogen-bond donors (Lipinski definition) is 2. The molecular formula is C16H30N2O6. The van der Waals surface area contributed by atoms with Gasteiger partial charge in [0.15, 0.2) is 0 Å². The van der Waals surface area contributed by atoms with Gasteiger partial charge in [0.25, 0.3) is 5.91 Å². The largest absolute Gasteiger partial charge is 0.465 e. The van der Waals surface area contributed by atoms with Crippen LogP contribution < -0.4 is 5.73 Å². The predicted molar refractivity (Wildman–Crippen MR) is 88.0 cm³/mol. The number of esters is 1. The van der Waals surface area contributed by atoms with E-state index < -0.39 is 42.3 Å². The van der Waals surface area contributed by atoms with Crippen molar-refractivity contribution in [1.29, 1.82) is 0 Å². The first-order chi connectivity index (χ1) is 10.9. The molecule has 0 aliphatic heterocycles. The molecule has 0 spiro atoms. The molecular weight excluding hydrogens is 316 g/mol. The lowest BCUT2D eigenvalue weighted by Crippen LogP contribution is -2.53. The summed E-state index contributed by atoms with van der Waals surface area (Å²) < 4.78 is 9.87. The average molecular weight is 346 g/mol. The quantitative estimate of drug-likeness (QED) is 0.661. The molecule has 2 amide bonds. The molecule has 8 nitrogen and oxygen atoms in total. The summed E-state index contributed by atoms with van der Waals surface area (Å²) in [7, 11) is 0. The molecule has 0 bridgehead atoms. The molecule has 0 aromatic heterocycles. The van der Waals surface area contributed by atoms with Crippen LogP contribution in [0.5, 0.6) is 0 Å². The van der Waals surface area contributed by atoms with Crippen LogP contribution in [0.4, 0.5) is 4.79 Å². The van der Waals surface area contributed by atoms with E-state index in [-0.39, 0.29) is 12.5 Å². The van der Waals surface area contributed by atoms with Gasteiger partial charge in [0.05, 0.1) is 6.61 Å². The highest BCUT2D eigenvalue weighted by atomic mass is 16.6. The maximum atomic E-state index is 12.4. The summed E-state index contributed by atoms with van der Waals surface area (Å²) in [6.45, 7) is 9.71. The zero-order valence-corrected chi connectivity index (χ0v) is 15.4. The fraction of sp³-hybridized carbons (Fsp3) is 0.812. The highest BCUT2D eigenvalue weighted by molar-refractivity contribution is 5.97. The van der Waals surface area contributed by atoms with E-state index >= 15 is 0 Å². The average Bonchev–Trinajstić information content (AvgIpc) is 2.40. The van der Waals surface area contributed by atoms with Gasteiger partial charge < -0.3 is 20.3 Å². The third-order valence-electron chi connectivity index (χ3n) is 2.87. The van der Waals surface area contributed by atoms with E-state index in [1.807, 2.05) is 13.8 Å². The van der Waals surface area contributed by atoms with Crippen molar-refractivity contribution >= 4 is 18.0 Å². The summed E-state index contributed by atoms with van der Waals surface area (Å²) in [6, 6.07) is -0.857. The molecule has 2 unspecified atom stereocenters. The first-order valence-corrected chi connectivity index (χ1v) is 8.02. The summed E-state index contributed by atoms with van der Waals surface area (Å²) in [5.74, 6) is -1.60. The molecule has 2 atom stereocenters. The van der Waals surface area contributed by atoms with Crippen LogP contribution in [0.2, 0.25) is 0 Å². The molecule has 0 aliphatic rings. The van der Waals surface area contributed by atoms with Gasteiger partial charge in [-0.05, 0) is 40.0 Å². The van der Waals surface area contributed by atoms with Crippen LogP contribution >= 0.6 is 0 Å². The van der Waals surface area contributed by atoms with Crippen LogP contribution in [0.25, 0.3) is 0 Å². The third-order valence-corrected chi connectivity index (χ3v) is 2.87. The monoisotopic (exact) mass is 346 g/mol. The van der Waals surface area contributed by atoms with Gasteiger partial charge in [-0.2, -0.15) is 0 Å². The second kappa shape index (κ2) is 9.58. The van der Waals surface area contributed by atoms with Crippen molar-refractivity contribution in [1.82, 2.24) is 4.90 Å². The summed E-state index contributed by atoms with van der Waals surface area (Å²) in [5.41, 5.74) is 4.94. The van der Waals surface area contributed by atoms with Crippen molar-refractivity contribution in [2.75, 3.05) is 13.2 Å². The lowest BCUT2D eigenvalue weighted by atomic mass is 9.99. The first kappa shape index (κ1) is 22.3. The van der Waals surface area contributed by atoms with Crippen LogP contribution in [0.1, 0.15) is 48.0 Å². The molecule has 0 fully saturated rings. The first-order valence-electron chi connectivity index (χ1n) is 8.02. The standard InChI is InChI=1S/C16H30N2O6/c1-7-23-12(19)9-18(15(22)24-16(4,5)6)14(21)13(20)11(17)8-10(2)3/h10-11,13,20H,7-9,17H2,1-6H3. The van der Waals surface area contributed by atoms with Crippen LogP contribution in [0, 0.1) is 5.92 Å². The minimum atomic E-state index is -1.62. The summed E-state index contributed by atoms with van der Waals surface area (Å²) in [6.07, 6.45) is -2.26. The van der Waals surface area contributed by atoms with E-state index in [2.05, 4.69) is 0 Å². The zero-order chi connectivity index (χ0) is 19.1. The molecule has 0 rings (SSSR count). The van der Waals surface area contributed by atoms with Gasteiger partial charge in [0.2, 0.25) is 0 Å². The van der Waals surface area contributed by atoms with Crippen molar-refractivity contribution in [3.05, 3.63) is 0 Å². The Morgan fingerprint density at radius 2 is 1.75 bits per heavy atom. The van der Waals surface area contributed by atoms with Crippen LogP contribution in [-0.4, -0.2) is 58.9 Å². The molecule has 0 saturated carbocycles. The number of aliphatic hydroxyl groups is 1. The Kier molecular flexibility index (Phi) is 8.92. The lowest BCUT2D eigenvalue weighted by molar-refractivity contribution is -0.151. The Hall–Kier alpha value is -1.67. The second-order valence-electron chi connectivity index (χ2n) is 6.95. The Bertz CT molecular complexity index is 444. The van der Waals surface area contributed by atoms with Gasteiger partial charge in [-0.25, -0.2) is 9.69 Å². The third kappa shape index (κ3) is 8.26. The van der Waals surface area contributed by atoms with E-state index in [0.29, 0.717) is 11.3 Å². The number of rotatable bonds is 7. The molecule has 0 aromatic rings. The summed E-state index contributed by atoms with van der Waals surface area (Å²) in [4.78, 5) is 36.8. The molecule has 8 heteroatoms. The van der Waals surface area contributed by atoms with Crippen LogP contribution in [0.3, 0.4) is 0 Å². The number of nitrogens with zero attached hydrogens (tertiary/aromatic N) is 1. The second-order valence-corrected chi connectivity index (χ2v) is 6.95. The molecule has 3 N–H and O–H groups in total. The zero-order valence-electron chi connectivity index (χ0n) is 15.4. The van der Waals surface area contributed by atoms with E-state index in [0.717, 1.165) is 0 Å². The molecule has 0 radical (unpaired) electrons. The highest BCUT2D eigenvalue weighted by Crippen LogP contribution is 2.13. The van der Waals surface area contributed by atoms with Crippen molar-refractivity contribution in [2.45, 2.75) is 65.7 Å². The number of imide groups is 1. The normalized spacial score (nSPS) is 14.0. The van der Waals surface area contributed by atoms with Gasteiger partial charge in [-0.1, -0.05) is 13.8 Å². The van der Waals surface area contributed by atoms with E-state index in [4.69, 9.17) is 15.2 Å². The molecule has 24 heavy (non-hydrogen) atoms. The topological polar surface area (TPSA) is 119 Å². The van der Waals surface area contributed by atoms with E-state index in [1.165, 1.54) is 0 Å². The van der Waals surface area contributed by atoms with Crippen LogP contribution in [-0.2, 0) is 19.1 Å². The number of ether oxygens (including phenoxy) is 2. The summed E-state index contributed by atoms with van der Waals surface area (Å²) >= 11 is 0. The highest BCUT2D eigenvalue weighted by Gasteiger charge is 2.35. The van der Waals surface area contributed by atoms with Crippen molar-refractivity contribution < 1.29 is 29.0 Å². The molecule has 0 saturated heterocycles. The molecule has 140 valence electrons.